The van der Waals surface area contributed by atoms with Gasteiger partial charge >= 0.3 is 0 Å². The average Bonchev–Trinajstić information content (AvgIpc) is 2.86. The summed E-state index contributed by atoms with van der Waals surface area (Å²) in [5, 5.41) is 26.9. The van der Waals surface area contributed by atoms with Crippen LogP contribution in [0.4, 0.5) is 15.8 Å². The van der Waals surface area contributed by atoms with Crippen molar-refractivity contribution in [1.82, 2.24) is 10.8 Å². The van der Waals surface area contributed by atoms with Gasteiger partial charge in [0.1, 0.15) is 11.9 Å². The lowest BCUT2D eigenvalue weighted by Crippen LogP contribution is -2.48. The van der Waals surface area contributed by atoms with E-state index in [-0.39, 0.29) is 18.1 Å². The summed E-state index contributed by atoms with van der Waals surface area (Å²) in [6.45, 7) is 5.25. The maximum absolute atomic E-state index is 13.6. The van der Waals surface area contributed by atoms with Crippen LogP contribution in [-0.4, -0.2) is 40.8 Å². The summed E-state index contributed by atoms with van der Waals surface area (Å²) in [5.74, 6) is -1.50. The quantitative estimate of drug-likeness (QED) is 0.196. The van der Waals surface area contributed by atoms with Gasteiger partial charge in [0, 0.05) is 11.4 Å². The predicted molar refractivity (Wildman–Crippen MR) is 133 cm³/mol. The topological polar surface area (TPSA) is 123 Å². The molecule has 0 aliphatic rings. The number of benzene rings is 3. The van der Waals surface area contributed by atoms with Crippen LogP contribution in [0.3, 0.4) is 0 Å². The molecule has 0 aliphatic carbocycles. The molecule has 182 valence electrons. The monoisotopic (exact) mass is 478 g/mol. The van der Waals surface area contributed by atoms with E-state index < -0.39 is 23.9 Å². The highest BCUT2D eigenvalue weighted by atomic mass is 19.1. The van der Waals surface area contributed by atoms with Crippen LogP contribution in [0.5, 0.6) is 0 Å². The second-order valence-electron chi connectivity index (χ2n) is 7.85. The number of rotatable bonds is 10. The van der Waals surface area contributed by atoms with Gasteiger partial charge in [0.15, 0.2) is 0 Å². The molecule has 0 heterocycles. The summed E-state index contributed by atoms with van der Waals surface area (Å²) in [7, 11) is 0. The Labute approximate surface area is 202 Å². The van der Waals surface area contributed by atoms with Crippen molar-refractivity contribution in [3.05, 3.63) is 90.8 Å². The van der Waals surface area contributed by atoms with Crippen molar-refractivity contribution < 1.29 is 24.3 Å². The second-order valence-corrected chi connectivity index (χ2v) is 7.85. The number of carbonyl (C=O) groups is 2. The fourth-order valence-electron chi connectivity index (χ4n) is 3.34. The van der Waals surface area contributed by atoms with Gasteiger partial charge in [-0.15, -0.1) is 0 Å². The second kappa shape index (κ2) is 11.8. The fraction of sp³-hybridized carbons (Fsp3) is 0.154. The Morgan fingerprint density at radius 1 is 0.971 bits per heavy atom. The predicted octanol–water partition coefficient (Wildman–Crippen LogP) is 3.36. The standard InChI is InChI=1S/C26H27FN4O4/c1-16(29-25(17(2)32)26(34)31-35)18-7-9-19(10-8-18)20-11-13-21(14-12-20)30-24(33)15-28-23-6-4-3-5-22(23)27/h3-14,17,25,28-29,32,35H,1,15H2,2H3,(H,30,33)(H,31,34)/t17-,25+/m1/s1. The average molecular weight is 479 g/mol. The summed E-state index contributed by atoms with van der Waals surface area (Å²) in [6, 6.07) is 19.7. The smallest absolute Gasteiger partial charge is 0.268 e. The van der Waals surface area contributed by atoms with E-state index in [1.165, 1.54) is 18.5 Å². The van der Waals surface area contributed by atoms with Crippen LogP contribution >= 0.6 is 0 Å². The summed E-state index contributed by atoms with van der Waals surface area (Å²) in [5.41, 5.74) is 5.34. The Kier molecular flexibility index (Phi) is 8.55. The van der Waals surface area contributed by atoms with E-state index >= 15 is 0 Å². The minimum Gasteiger partial charge on any atom is -0.391 e. The van der Waals surface area contributed by atoms with Gasteiger partial charge in [-0.05, 0) is 47.9 Å². The molecule has 0 bridgehead atoms. The normalized spacial score (nSPS) is 12.2. The van der Waals surface area contributed by atoms with Gasteiger partial charge in [0.05, 0.1) is 18.3 Å². The molecule has 2 atom stereocenters. The first kappa shape index (κ1) is 25.4. The first-order valence-electron chi connectivity index (χ1n) is 10.8. The van der Waals surface area contributed by atoms with Gasteiger partial charge in [0.2, 0.25) is 5.91 Å². The van der Waals surface area contributed by atoms with E-state index in [1.54, 1.807) is 30.3 Å². The van der Waals surface area contributed by atoms with E-state index in [0.29, 0.717) is 16.9 Å². The molecule has 0 aromatic heterocycles. The van der Waals surface area contributed by atoms with Gasteiger partial charge in [-0.3, -0.25) is 14.8 Å². The van der Waals surface area contributed by atoms with Gasteiger partial charge in [-0.2, -0.15) is 0 Å². The molecule has 0 saturated carbocycles. The van der Waals surface area contributed by atoms with Crippen molar-refractivity contribution in [3.63, 3.8) is 0 Å². The zero-order valence-electron chi connectivity index (χ0n) is 19.1. The van der Waals surface area contributed by atoms with Crippen molar-refractivity contribution in [3.8, 4) is 11.1 Å². The largest absolute Gasteiger partial charge is 0.391 e. The molecule has 9 heteroatoms. The number of para-hydroxylation sites is 1. The van der Waals surface area contributed by atoms with E-state index in [9.17, 15) is 19.1 Å². The molecule has 8 nitrogen and oxygen atoms in total. The minimum atomic E-state index is -1.06. The molecule has 2 amide bonds. The first-order valence-corrected chi connectivity index (χ1v) is 10.8. The third-order valence-electron chi connectivity index (χ3n) is 5.25. The number of carbonyl (C=O) groups excluding carboxylic acids is 2. The third-order valence-corrected chi connectivity index (χ3v) is 5.25. The number of hydroxylamine groups is 1. The molecule has 0 unspecified atom stereocenters. The van der Waals surface area contributed by atoms with Gasteiger partial charge < -0.3 is 21.1 Å². The van der Waals surface area contributed by atoms with Crippen molar-refractivity contribution in [2.24, 2.45) is 0 Å². The van der Waals surface area contributed by atoms with Crippen LogP contribution in [0.2, 0.25) is 0 Å². The van der Waals surface area contributed by atoms with E-state index in [0.717, 1.165) is 11.1 Å². The third kappa shape index (κ3) is 6.89. The minimum absolute atomic E-state index is 0.0715. The van der Waals surface area contributed by atoms with Crippen LogP contribution in [0.1, 0.15) is 12.5 Å². The summed E-state index contributed by atoms with van der Waals surface area (Å²) in [6.07, 6.45) is -1.05. The van der Waals surface area contributed by atoms with Crippen molar-refractivity contribution in [1.29, 1.82) is 0 Å². The zero-order chi connectivity index (χ0) is 25.4. The molecule has 0 fully saturated rings. The number of halogens is 1. The van der Waals surface area contributed by atoms with E-state index in [2.05, 4.69) is 22.5 Å². The lowest BCUT2D eigenvalue weighted by Gasteiger charge is -2.22. The van der Waals surface area contributed by atoms with Gasteiger partial charge in [-0.1, -0.05) is 55.1 Å². The molecule has 3 aromatic carbocycles. The van der Waals surface area contributed by atoms with Crippen molar-refractivity contribution in [2.45, 2.75) is 19.1 Å². The van der Waals surface area contributed by atoms with Crippen LogP contribution in [0.15, 0.2) is 79.4 Å². The molecule has 0 spiro atoms. The molecular weight excluding hydrogens is 451 g/mol. The number of hydrogen-bond donors (Lipinski definition) is 6. The van der Waals surface area contributed by atoms with E-state index in [4.69, 9.17) is 5.21 Å². The molecule has 0 radical (unpaired) electrons. The maximum Gasteiger partial charge on any atom is 0.268 e. The van der Waals surface area contributed by atoms with E-state index in [1.807, 2.05) is 36.4 Å². The number of anilines is 2. The Hall–Kier alpha value is -4.21. The molecule has 3 aromatic rings. The Morgan fingerprint density at radius 3 is 2.14 bits per heavy atom. The van der Waals surface area contributed by atoms with Crippen LogP contribution in [-0.2, 0) is 9.59 Å². The van der Waals surface area contributed by atoms with Crippen molar-refractivity contribution >= 4 is 28.9 Å². The highest BCUT2D eigenvalue weighted by Crippen LogP contribution is 2.23. The van der Waals surface area contributed by atoms with Gasteiger partial charge in [-0.25, -0.2) is 9.87 Å². The number of aliphatic hydroxyl groups is 1. The lowest BCUT2D eigenvalue weighted by atomic mass is 10.0. The number of hydrogen-bond acceptors (Lipinski definition) is 6. The highest BCUT2D eigenvalue weighted by molar-refractivity contribution is 5.94. The van der Waals surface area contributed by atoms with Crippen LogP contribution in [0.25, 0.3) is 16.8 Å². The maximum atomic E-state index is 13.6. The zero-order valence-corrected chi connectivity index (χ0v) is 19.1. The lowest BCUT2D eigenvalue weighted by molar-refractivity contribution is -0.133. The Balaban J connectivity index is 1.58. The Morgan fingerprint density at radius 2 is 1.57 bits per heavy atom. The SMILES string of the molecule is C=C(N[C@H](C(=O)NO)[C@@H](C)O)c1ccc(-c2ccc(NC(=O)CNc3ccccc3F)cc2)cc1. The number of aliphatic hydroxyl groups excluding tert-OH is 1. The molecule has 3 rings (SSSR count). The van der Waals surface area contributed by atoms with Crippen molar-refractivity contribution in [2.75, 3.05) is 17.2 Å². The molecule has 0 aliphatic heterocycles. The molecule has 0 saturated heterocycles. The highest BCUT2D eigenvalue weighted by Gasteiger charge is 2.23. The number of amides is 2. The number of nitrogens with one attached hydrogen (secondary N) is 4. The van der Waals surface area contributed by atoms with Gasteiger partial charge in [0.25, 0.3) is 5.91 Å². The molecule has 6 N–H and O–H groups in total. The van der Waals surface area contributed by atoms with Crippen LogP contribution in [0, 0.1) is 5.82 Å². The summed E-state index contributed by atoms with van der Waals surface area (Å²) < 4.78 is 13.6. The first-order chi connectivity index (χ1) is 16.8. The molecule has 35 heavy (non-hydrogen) atoms. The summed E-state index contributed by atoms with van der Waals surface area (Å²) in [4.78, 5) is 23.9. The van der Waals surface area contributed by atoms with Crippen LogP contribution < -0.4 is 21.4 Å². The fourth-order valence-corrected chi connectivity index (χ4v) is 3.34. The molecular formula is C26H27FN4O4. The Bertz CT molecular complexity index is 1180. The summed E-state index contributed by atoms with van der Waals surface area (Å²) >= 11 is 0.